The minimum absolute atomic E-state index is 0.000219. The molecule has 3 atom stereocenters. The van der Waals surface area contributed by atoms with Crippen LogP contribution in [-0.2, 0) is 11.3 Å². The Kier molecular flexibility index (Phi) is 4.99. The van der Waals surface area contributed by atoms with Gasteiger partial charge < -0.3 is 10.6 Å². The minimum Gasteiger partial charge on any atom is -0.325 e. The van der Waals surface area contributed by atoms with Gasteiger partial charge in [-0.05, 0) is 42.5 Å². The molecular weight excluding hydrogens is 256 g/mol. The van der Waals surface area contributed by atoms with Gasteiger partial charge in [-0.15, -0.1) is 11.3 Å². The Morgan fingerprint density at radius 3 is 2.84 bits per heavy atom. The highest BCUT2D eigenvalue weighted by molar-refractivity contribution is 7.10. The zero-order valence-corrected chi connectivity index (χ0v) is 12.8. The molecule has 1 heterocycles. The van der Waals surface area contributed by atoms with Crippen LogP contribution in [0.4, 0.5) is 5.69 Å². The van der Waals surface area contributed by atoms with Crippen molar-refractivity contribution in [2.45, 2.75) is 52.6 Å². The fourth-order valence-electron chi connectivity index (χ4n) is 2.75. The molecule has 1 amide bonds. The summed E-state index contributed by atoms with van der Waals surface area (Å²) in [5.74, 6) is 1.67. The van der Waals surface area contributed by atoms with Crippen LogP contribution in [0.2, 0.25) is 0 Å². The van der Waals surface area contributed by atoms with Crippen molar-refractivity contribution in [2.24, 2.45) is 11.8 Å². The van der Waals surface area contributed by atoms with Gasteiger partial charge in [-0.3, -0.25) is 4.79 Å². The van der Waals surface area contributed by atoms with E-state index in [4.69, 9.17) is 0 Å². The van der Waals surface area contributed by atoms with E-state index >= 15 is 0 Å². The summed E-state index contributed by atoms with van der Waals surface area (Å²) in [7, 11) is 0. The second-order valence-corrected chi connectivity index (χ2v) is 6.78. The molecule has 0 aromatic carbocycles. The Morgan fingerprint density at radius 2 is 2.16 bits per heavy atom. The van der Waals surface area contributed by atoms with Gasteiger partial charge in [0.25, 0.3) is 0 Å². The minimum atomic E-state index is -0.000219. The van der Waals surface area contributed by atoms with E-state index in [9.17, 15) is 4.79 Å². The molecule has 1 aromatic heterocycles. The highest BCUT2D eigenvalue weighted by Gasteiger charge is 2.24. The number of rotatable bonds is 4. The van der Waals surface area contributed by atoms with Gasteiger partial charge in [0.05, 0.1) is 5.69 Å². The third-order valence-corrected chi connectivity index (χ3v) is 5.13. The van der Waals surface area contributed by atoms with Crippen molar-refractivity contribution < 1.29 is 4.79 Å². The third-order valence-electron chi connectivity index (χ3n) is 4.21. The van der Waals surface area contributed by atoms with Crippen LogP contribution in [0.1, 0.15) is 44.9 Å². The Balaban J connectivity index is 1.85. The summed E-state index contributed by atoms with van der Waals surface area (Å²) < 4.78 is 0. The van der Waals surface area contributed by atoms with Gasteiger partial charge in [-0.1, -0.05) is 13.8 Å². The lowest BCUT2D eigenvalue weighted by Crippen LogP contribution is -2.35. The largest absolute Gasteiger partial charge is 0.325 e. The first kappa shape index (κ1) is 14.5. The molecule has 19 heavy (non-hydrogen) atoms. The molecule has 106 valence electrons. The fraction of sp³-hybridized carbons (Fsp3) is 0.667. The average Bonchev–Trinajstić information content (AvgIpc) is 2.77. The molecule has 0 bridgehead atoms. The molecule has 1 aliphatic carbocycles. The number of anilines is 1. The number of nitrogens with one attached hydrogen (secondary N) is 2. The highest BCUT2D eigenvalue weighted by atomic mass is 32.1. The topological polar surface area (TPSA) is 41.1 Å². The Bertz CT molecular complexity index is 430. The van der Waals surface area contributed by atoms with E-state index in [-0.39, 0.29) is 5.91 Å². The number of hydrogen-bond donors (Lipinski definition) is 2. The lowest BCUT2D eigenvalue weighted by atomic mass is 9.79. The van der Waals surface area contributed by atoms with E-state index in [0.717, 1.165) is 24.1 Å². The molecule has 4 heteroatoms. The first-order valence-electron chi connectivity index (χ1n) is 7.13. The molecule has 1 aliphatic rings. The zero-order valence-electron chi connectivity index (χ0n) is 12.0. The van der Waals surface area contributed by atoms with Crippen LogP contribution >= 0.6 is 11.3 Å². The van der Waals surface area contributed by atoms with Crippen molar-refractivity contribution in [3.05, 3.63) is 16.3 Å². The number of carbonyl (C=O) groups is 1. The number of carbonyl (C=O) groups excluding carboxylic acids is 1. The zero-order chi connectivity index (χ0) is 13.8. The average molecular weight is 280 g/mol. The maximum atomic E-state index is 11.1. The molecule has 1 aromatic rings. The molecule has 2 rings (SSSR count). The Labute approximate surface area is 119 Å². The van der Waals surface area contributed by atoms with Gasteiger partial charge in [0.15, 0.2) is 0 Å². The smallest absolute Gasteiger partial charge is 0.221 e. The van der Waals surface area contributed by atoms with E-state index in [1.807, 2.05) is 11.4 Å². The molecule has 3 unspecified atom stereocenters. The number of thiophene rings is 1. The van der Waals surface area contributed by atoms with Crippen LogP contribution in [0, 0.1) is 11.8 Å². The maximum Gasteiger partial charge on any atom is 0.221 e. The standard InChI is InChI=1S/C15H24N2OS/c1-10-4-5-13(8-11(10)2)16-9-15-14(6-7-19-15)17-12(3)18/h6-7,10-11,13,16H,4-5,8-9H2,1-3H3,(H,17,18). The van der Waals surface area contributed by atoms with Crippen LogP contribution in [0.15, 0.2) is 11.4 Å². The molecule has 0 saturated heterocycles. The summed E-state index contributed by atoms with van der Waals surface area (Å²) in [6.07, 6.45) is 3.86. The predicted octanol–water partition coefficient (Wildman–Crippen LogP) is 3.62. The first-order valence-corrected chi connectivity index (χ1v) is 8.01. The van der Waals surface area contributed by atoms with Crippen molar-refractivity contribution in [1.82, 2.24) is 5.32 Å². The molecule has 1 fully saturated rings. The van der Waals surface area contributed by atoms with Gasteiger partial charge in [0.2, 0.25) is 5.91 Å². The molecule has 0 radical (unpaired) electrons. The van der Waals surface area contributed by atoms with Gasteiger partial charge in [0, 0.05) is 24.4 Å². The summed E-state index contributed by atoms with van der Waals surface area (Å²) in [4.78, 5) is 12.3. The van der Waals surface area contributed by atoms with E-state index in [1.54, 1.807) is 18.3 Å². The van der Waals surface area contributed by atoms with Gasteiger partial charge in [-0.2, -0.15) is 0 Å². The normalized spacial score (nSPS) is 27.2. The van der Waals surface area contributed by atoms with Crippen LogP contribution in [0.3, 0.4) is 0 Å². The molecule has 3 nitrogen and oxygen atoms in total. The van der Waals surface area contributed by atoms with Gasteiger partial charge in [-0.25, -0.2) is 0 Å². The lowest BCUT2D eigenvalue weighted by molar-refractivity contribution is -0.114. The van der Waals surface area contributed by atoms with E-state index in [2.05, 4.69) is 24.5 Å². The fourth-order valence-corrected chi connectivity index (χ4v) is 3.53. The summed E-state index contributed by atoms with van der Waals surface area (Å²) in [5, 5.41) is 8.57. The van der Waals surface area contributed by atoms with E-state index in [0.29, 0.717) is 6.04 Å². The molecule has 2 N–H and O–H groups in total. The predicted molar refractivity (Wildman–Crippen MR) is 81.4 cm³/mol. The molecular formula is C15H24N2OS. The lowest BCUT2D eigenvalue weighted by Gasteiger charge is -2.32. The van der Waals surface area contributed by atoms with Crippen LogP contribution in [0.25, 0.3) is 0 Å². The van der Waals surface area contributed by atoms with Gasteiger partial charge >= 0.3 is 0 Å². The van der Waals surface area contributed by atoms with Crippen molar-refractivity contribution >= 4 is 22.9 Å². The van der Waals surface area contributed by atoms with Crippen molar-refractivity contribution in [2.75, 3.05) is 5.32 Å². The third kappa shape index (κ3) is 4.05. The number of hydrogen-bond acceptors (Lipinski definition) is 3. The Morgan fingerprint density at radius 1 is 1.37 bits per heavy atom. The summed E-state index contributed by atoms with van der Waals surface area (Å²) in [6.45, 7) is 7.12. The van der Waals surface area contributed by atoms with E-state index in [1.165, 1.54) is 24.1 Å². The SMILES string of the molecule is CC(=O)Nc1ccsc1CNC1CCC(C)C(C)C1. The van der Waals surface area contributed by atoms with Crippen molar-refractivity contribution in [3.63, 3.8) is 0 Å². The van der Waals surface area contributed by atoms with Crippen molar-refractivity contribution in [3.8, 4) is 0 Å². The molecule has 0 spiro atoms. The quantitative estimate of drug-likeness (QED) is 0.884. The maximum absolute atomic E-state index is 11.1. The summed E-state index contributed by atoms with van der Waals surface area (Å²) in [5.41, 5.74) is 0.960. The second-order valence-electron chi connectivity index (χ2n) is 5.78. The number of amides is 1. The molecule has 1 saturated carbocycles. The van der Waals surface area contributed by atoms with Crippen LogP contribution in [-0.4, -0.2) is 11.9 Å². The van der Waals surface area contributed by atoms with Crippen molar-refractivity contribution in [1.29, 1.82) is 0 Å². The monoisotopic (exact) mass is 280 g/mol. The van der Waals surface area contributed by atoms with Crippen LogP contribution in [0.5, 0.6) is 0 Å². The summed E-state index contributed by atoms with van der Waals surface area (Å²) >= 11 is 1.70. The first-order chi connectivity index (χ1) is 9.06. The Hall–Kier alpha value is -0.870. The van der Waals surface area contributed by atoms with Crippen LogP contribution < -0.4 is 10.6 Å². The molecule has 0 aliphatic heterocycles. The summed E-state index contributed by atoms with van der Waals surface area (Å²) in [6, 6.07) is 2.60. The van der Waals surface area contributed by atoms with E-state index < -0.39 is 0 Å². The van der Waals surface area contributed by atoms with Gasteiger partial charge in [0.1, 0.15) is 0 Å². The second kappa shape index (κ2) is 6.53. The highest BCUT2D eigenvalue weighted by Crippen LogP contribution is 2.30.